The van der Waals surface area contributed by atoms with Crippen LogP contribution in [0.4, 0.5) is 9.18 Å². The Kier molecular flexibility index (Phi) is 5.91. The highest BCUT2D eigenvalue weighted by Gasteiger charge is 2.12. The Balaban J connectivity index is 1.64. The number of rotatable bonds is 7. The van der Waals surface area contributed by atoms with E-state index in [0.717, 1.165) is 13.0 Å². The fraction of sp³-hybridized carbons (Fsp3) is 0.333. The molecule has 0 saturated heterocycles. The van der Waals surface area contributed by atoms with Gasteiger partial charge in [0.15, 0.2) is 0 Å². The molecule has 2 aromatic rings. The van der Waals surface area contributed by atoms with Gasteiger partial charge in [-0.3, -0.25) is 0 Å². The third kappa shape index (κ3) is 4.85. The highest BCUT2D eigenvalue weighted by molar-refractivity contribution is 5.73. The normalized spacial score (nSPS) is 11.9. The van der Waals surface area contributed by atoms with E-state index < -0.39 is 11.9 Å². The smallest absolute Gasteiger partial charge is 0.314 e. The molecule has 1 aromatic heterocycles. The first kappa shape index (κ1) is 16.0. The Morgan fingerprint density at radius 2 is 2.18 bits per heavy atom. The molecule has 1 aromatic carbocycles. The van der Waals surface area contributed by atoms with Gasteiger partial charge in [0.2, 0.25) is 0 Å². The molecule has 7 heteroatoms. The van der Waals surface area contributed by atoms with Gasteiger partial charge >= 0.3 is 6.03 Å². The SMILES string of the molecule is O=C(NCCCn1ccnc1)NC[C@H](O)c1ccccc1F. The number of nitrogens with zero attached hydrogens (tertiary/aromatic N) is 2. The predicted octanol–water partition coefficient (Wildman–Crippen LogP) is 1.45. The van der Waals surface area contributed by atoms with Crippen LogP contribution in [-0.4, -0.2) is 33.8 Å². The number of amides is 2. The molecule has 0 aliphatic rings. The summed E-state index contributed by atoms with van der Waals surface area (Å²) in [6.07, 6.45) is 4.96. The first-order valence-electron chi connectivity index (χ1n) is 7.07. The summed E-state index contributed by atoms with van der Waals surface area (Å²) in [4.78, 5) is 15.5. The summed E-state index contributed by atoms with van der Waals surface area (Å²) in [5, 5.41) is 15.0. The molecule has 0 saturated carbocycles. The first-order chi connectivity index (χ1) is 10.7. The van der Waals surface area contributed by atoms with E-state index >= 15 is 0 Å². The van der Waals surface area contributed by atoms with Crippen molar-refractivity contribution in [1.82, 2.24) is 20.2 Å². The monoisotopic (exact) mass is 306 g/mol. The number of carbonyl (C=O) groups is 1. The molecule has 0 fully saturated rings. The number of halogens is 1. The van der Waals surface area contributed by atoms with Crippen LogP contribution in [0.2, 0.25) is 0 Å². The quantitative estimate of drug-likeness (QED) is 0.677. The van der Waals surface area contributed by atoms with Gasteiger partial charge in [0.05, 0.1) is 12.4 Å². The minimum atomic E-state index is -1.07. The van der Waals surface area contributed by atoms with Crippen molar-refractivity contribution in [1.29, 1.82) is 0 Å². The zero-order valence-corrected chi connectivity index (χ0v) is 12.1. The lowest BCUT2D eigenvalue weighted by atomic mass is 10.1. The molecule has 0 aliphatic heterocycles. The van der Waals surface area contributed by atoms with Gasteiger partial charge in [-0.25, -0.2) is 14.2 Å². The van der Waals surface area contributed by atoms with Crippen molar-refractivity contribution in [2.45, 2.75) is 19.1 Å². The molecule has 0 spiro atoms. The standard InChI is InChI=1S/C15H19FN4O2/c16-13-5-2-1-4-12(13)14(21)10-19-15(22)18-6-3-8-20-9-7-17-11-20/h1-2,4-5,7,9,11,14,21H,3,6,8,10H2,(H2,18,19,22)/t14-/m0/s1. The van der Waals surface area contributed by atoms with Gasteiger partial charge in [-0.2, -0.15) is 0 Å². The third-order valence-corrected chi connectivity index (χ3v) is 3.16. The van der Waals surface area contributed by atoms with Crippen molar-refractivity contribution in [2.24, 2.45) is 0 Å². The van der Waals surface area contributed by atoms with Gasteiger partial charge in [0.1, 0.15) is 5.82 Å². The van der Waals surface area contributed by atoms with Crippen molar-refractivity contribution < 1.29 is 14.3 Å². The van der Waals surface area contributed by atoms with Gasteiger partial charge in [0.25, 0.3) is 0 Å². The topological polar surface area (TPSA) is 79.2 Å². The lowest BCUT2D eigenvalue weighted by Crippen LogP contribution is -2.38. The van der Waals surface area contributed by atoms with E-state index in [1.807, 2.05) is 10.8 Å². The first-order valence-corrected chi connectivity index (χ1v) is 7.07. The van der Waals surface area contributed by atoms with Gasteiger partial charge in [-0.05, 0) is 12.5 Å². The Morgan fingerprint density at radius 1 is 1.36 bits per heavy atom. The number of carbonyl (C=O) groups excluding carboxylic acids is 1. The molecule has 22 heavy (non-hydrogen) atoms. The second kappa shape index (κ2) is 8.14. The molecule has 0 bridgehead atoms. The number of aromatic nitrogens is 2. The Morgan fingerprint density at radius 3 is 2.91 bits per heavy atom. The number of hydrogen-bond donors (Lipinski definition) is 3. The zero-order chi connectivity index (χ0) is 15.8. The van der Waals surface area contributed by atoms with Crippen LogP contribution >= 0.6 is 0 Å². The van der Waals surface area contributed by atoms with Gasteiger partial charge in [-0.15, -0.1) is 0 Å². The van der Waals surface area contributed by atoms with Gasteiger partial charge in [0, 0.05) is 37.6 Å². The molecule has 1 heterocycles. The molecular formula is C15H19FN4O2. The van der Waals surface area contributed by atoms with Crippen molar-refractivity contribution in [3.05, 3.63) is 54.4 Å². The minimum absolute atomic E-state index is 0.0473. The van der Waals surface area contributed by atoms with E-state index in [1.54, 1.807) is 24.7 Å². The molecule has 0 unspecified atom stereocenters. The van der Waals surface area contributed by atoms with Crippen molar-refractivity contribution >= 4 is 6.03 Å². The number of imidazole rings is 1. The maximum absolute atomic E-state index is 13.5. The summed E-state index contributed by atoms with van der Waals surface area (Å²) in [7, 11) is 0. The predicted molar refractivity (Wildman–Crippen MR) is 79.6 cm³/mol. The summed E-state index contributed by atoms with van der Waals surface area (Å²) in [5.41, 5.74) is 0.169. The maximum atomic E-state index is 13.5. The lowest BCUT2D eigenvalue weighted by molar-refractivity contribution is 0.169. The highest BCUT2D eigenvalue weighted by Crippen LogP contribution is 2.15. The largest absolute Gasteiger partial charge is 0.386 e. The third-order valence-electron chi connectivity index (χ3n) is 3.16. The van der Waals surface area contributed by atoms with Gasteiger partial charge < -0.3 is 20.3 Å². The van der Waals surface area contributed by atoms with E-state index in [9.17, 15) is 14.3 Å². The number of nitrogens with one attached hydrogen (secondary N) is 2. The number of aliphatic hydroxyl groups is 1. The van der Waals surface area contributed by atoms with E-state index in [4.69, 9.17) is 0 Å². The van der Waals surface area contributed by atoms with E-state index in [1.165, 1.54) is 12.1 Å². The lowest BCUT2D eigenvalue weighted by Gasteiger charge is -2.13. The molecule has 118 valence electrons. The molecule has 0 radical (unpaired) electrons. The van der Waals surface area contributed by atoms with Crippen LogP contribution in [0.5, 0.6) is 0 Å². The molecule has 0 aliphatic carbocycles. The van der Waals surface area contributed by atoms with Crippen LogP contribution in [0, 0.1) is 5.82 Å². The molecule has 6 nitrogen and oxygen atoms in total. The summed E-state index contributed by atoms with van der Waals surface area (Å²) in [5.74, 6) is -0.488. The summed E-state index contributed by atoms with van der Waals surface area (Å²) in [6.45, 7) is 1.21. The molecular weight excluding hydrogens is 287 g/mol. The van der Waals surface area contributed by atoms with Crippen LogP contribution in [-0.2, 0) is 6.54 Å². The van der Waals surface area contributed by atoms with Crippen LogP contribution < -0.4 is 10.6 Å². The molecule has 2 rings (SSSR count). The Labute approximate surface area is 128 Å². The van der Waals surface area contributed by atoms with Gasteiger partial charge in [-0.1, -0.05) is 18.2 Å². The van der Waals surface area contributed by atoms with Crippen LogP contribution in [0.3, 0.4) is 0 Å². The second-order valence-corrected chi connectivity index (χ2v) is 4.83. The fourth-order valence-electron chi connectivity index (χ4n) is 1.99. The number of aryl methyl sites for hydroxylation is 1. The number of benzene rings is 1. The Hall–Kier alpha value is -2.41. The van der Waals surface area contributed by atoms with Crippen molar-refractivity contribution in [2.75, 3.05) is 13.1 Å². The molecule has 3 N–H and O–H groups in total. The molecule has 2 amide bonds. The summed E-state index contributed by atoms with van der Waals surface area (Å²) >= 11 is 0. The second-order valence-electron chi connectivity index (χ2n) is 4.83. The minimum Gasteiger partial charge on any atom is -0.386 e. The summed E-state index contributed by atoms with van der Waals surface area (Å²) in [6, 6.07) is 5.56. The van der Waals surface area contributed by atoms with Crippen LogP contribution in [0.1, 0.15) is 18.1 Å². The Bertz CT molecular complexity index is 589. The van der Waals surface area contributed by atoms with Crippen molar-refractivity contribution in [3.8, 4) is 0 Å². The van der Waals surface area contributed by atoms with Crippen LogP contribution in [0.15, 0.2) is 43.0 Å². The average molecular weight is 306 g/mol. The van der Waals surface area contributed by atoms with E-state index in [2.05, 4.69) is 15.6 Å². The maximum Gasteiger partial charge on any atom is 0.314 e. The number of aliphatic hydroxyl groups excluding tert-OH is 1. The highest BCUT2D eigenvalue weighted by atomic mass is 19.1. The summed E-state index contributed by atoms with van der Waals surface area (Å²) < 4.78 is 15.4. The molecule has 1 atom stereocenters. The zero-order valence-electron chi connectivity index (χ0n) is 12.1. The average Bonchev–Trinajstić information content (AvgIpc) is 3.03. The van der Waals surface area contributed by atoms with Crippen molar-refractivity contribution in [3.63, 3.8) is 0 Å². The van der Waals surface area contributed by atoms with Crippen LogP contribution in [0.25, 0.3) is 0 Å². The number of hydrogen-bond acceptors (Lipinski definition) is 3. The number of urea groups is 1. The van der Waals surface area contributed by atoms with E-state index in [-0.39, 0.29) is 18.1 Å². The fourth-order valence-corrected chi connectivity index (χ4v) is 1.99. The van der Waals surface area contributed by atoms with E-state index in [0.29, 0.717) is 6.54 Å².